The summed E-state index contributed by atoms with van der Waals surface area (Å²) < 4.78 is 0. The molecule has 1 aromatic rings. The van der Waals surface area contributed by atoms with Gasteiger partial charge in [-0.25, -0.2) is 9.69 Å². The lowest BCUT2D eigenvalue weighted by atomic mass is 10.1. The number of thiophene rings is 1. The molecule has 1 N–H and O–H groups in total. The Bertz CT molecular complexity index is 479. The minimum absolute atomic E-state index is 0.121. The number of hydrogen-bond donors (Lipinski definition) is 1. The summed E-state index contributed by atoms with van der Waals surface area (Å²) in [4.78, 5) is 35.1. The highest BCUT2D eigenvalue weighted by molar-refractivity contribution is 7.18. The van der Waals surface area contributed by atoms with E-state index in [1.165, 1.54) is 12.1 Å². The maximum absolute atomic E-state index is 11.7. The van der Waals surface area contributed by atoms with Crippen LogP contribution in [0.2, 0.25) is 0 Å². The molecule has 2 rings (SSSR count). The Hall–Kier alpha value is -1.69. The molecule has 0 spiro atoms. The first-order valence-electron chi connectivity index (χ1n) is 4.70. The van der Waals surface area contributed by atoms with Crippen molar-refractivity contribution in [1.82, 2.24) is 0 Å². The van der Waals surface area contributed by atoms with Crippen molar-refractivity contribution in [1.29, 1.82) is 0 Å². The Labute approximate surface area is 95.3 Å². The second kappa shape index (κ2) is 3.71. The Balaban J connectivity index is 2.33. The second-order valence-electron chi connectivity index (χ2n) is 3.62. The number of carboxylic acids is 1. The predicted octanol–water partition coefficient (Wildman–Crippen LogP) is 1.35. The molecule has 0 aliphatic carbocycles. The van der Waals surface area contributed by atoms with Crippen LogP contribution in [0.15, 0.2) is 12.1 Å². The number of aromatic carboxylic acids is 1. The van der Waals surface area contributed by atoms with Crippen LogP contribution < -0.4 is 4.90 Å². The molecule has 0 bridgehead atoms. The Morgan fingerprint density at radius 3 is 2.62 bits per heavy atom. The standard InChI is InChI=1S/C10H9NO4S/c1-5-4-7(12)11(9(5)13)8-3-2-6(16-8)10(14)15/h2-3,5H,4H2,1H3,(H,14,15). The number of amides is 2. The first-order valence-corrected chi connectivity index (χ1v) is 5.52. The molecule has 0 aromatic carbocycles. The van der Waals surface area contributed by atoms with Crippen LogP contribution in [0.1, 0.15) is 23.0 Å². The summed E-state index contributed by atoms with van der Waals surface area (Å²) in [6, 6.07) is 2.88. The highest BCUT2D eigenvalue weighted by Crippen LogP contribution is 2.32. The van der Waals surface area contributed by atoms with Crippen LogP contribution in [0.5, 0.6) is 0 Å². The Morgan fingerprint density at radius 1 is 1.50 bits per heavy atom. The highest BCUT2D eigenvalue weighted by Gasteiger charge is 2.37. The summed E-state index contributed by atoms with van der Waals surface area (Å²) in [5.41, 5.74) is 0. The zero-order valence-electron chi connectivity index (χ0n) is 8.47. The number of nitrogens with zero attached hydrogens (tertiary/aromatic N) is 1. The molecule has 1 aliphatic rings. The molecule has 2 amide bonds. The minimum Gasteiger partial charge on any atom is -0.477 e. The summed E-state index contributed by atoms with van der Waals surface area (Å²) >= 11 is 0.932. The summed E-state index contributed by atoms with van der Waals surface area (Å²) in [6.07, 6.45) is 0.194. The molecule has 84 valence electrons. The van der Waals surface area contributed by atoms with Crippen molar-refractivity contribution in [3.05, 3.63) is 17.0 Å². The number of carbonyl (C=O) groups excluding carboxylic acids is 2. The highest BCUT2D eigenvalue weighted by atomic mass is 32.1. The molecular weight excluding hydrogens is 230 g/mol. The molecule has 2 heterocycles. The van der Waals surface area contributed by atoms with Gasteiger partial charge in [0.2, 0.25) is 11.8 Å². The SMILES string of the molecule is CC1CC(=O)N(c2ccc(C(=O)O)s2)C1=O. The van der Waals surface area contributed by atoms with Crippen molar-refractivity contribution in [3.63, 3.8) is 0 Å². The fourth-order valence-electron chi connectivity index (χ4n) is 1.58. The van der Waals surface area contributed by atoms with Gasteiger partial charge in [0.05, 0.1) is 0 Å². The van der Waals surface area contributed by atoms with Crippen LogP contribution in [-0.4, -0.2) is 22.9 Å². The van der Waals surface area contributed by atoms with Crippen LogP contribution >= 0.6 is 11.3 Å². The molecular formula is C10H9NO4S. The van der Waals surface area contributed by atoms with E-state index in [1.54, 1.807) is 6.92 Å². The van der Waals surface area contributed by atoms with Crippen molar-refractivity contribution < 1.29 is 19.5 Å². The van der Waals surface area contributed by atoms with Crippen LogP contribution in [0.3, 0.4) is 0 Å². The normalized spacial score (nSPS) is 20.6. The number of carbonyl (C=O) groups is 3. The van der Waals surface area contributed by atoms with E-state index in [4.69, 9.17) is 5.11 Å². The summed E-state index contributed by atoms with van der Waals surface area (Å²) in [5.74, 6) is -1.90. The van der Waals surface area contributed by atoms with Crippen LogP contribution in [-0.2, 0) is 9.59 Å². The van der Waals surface area contributed by atoms with E-state index in [2.05, 4.69) is 0 Å². The second-order valence-corrected chi connectivity index (χ2v) is 4.68. The molecule has 1 unspecified atom stereocenters. The largest absolute Gasteiger partial charge is 0.477 e. The van der Waals surface area contributed by atoms with Gasteiger partial charge in [0.1, 0.15) is 9.88 Å². The van der Waals surface area contributed by atoms with Gasteiger partial charge >= 0.3 is 5.97 Å². The van der Waals surface area contributed by atoms with Crippen molar-refractivity contribution in [2.75, 3.05) is 4.90 Å². The quantitative estimate of drug-likeness (QED) is 0.790. The molecule has 1 atom stereocenters. The maximum Gasteiger partial charge on any atom is 0.345 e. The lowest BCUT2D eigenvalue weighted by molar-refractivity contribution is -0.122. The number of carboxylic acid groups (broad SMARTS) is 1. The third kappa shape index (κ3) is 1.61. The maximum atomic E-state index is 11.7. The molecule has 6 heteroatoms. The molecule has 0 saturated carbocycles. The predicted molar refractivity (Wildman–Crippen MR) is 57.6 cm³/mol. The zero-order valence-corrected chi connectivity index (χ0v) is 9.28. The van der Waals surface area contributed by atoms with Gasteiger partial charge in [-0.2, -0.15) is 0 Å². The van der Waals surface area contributed by atoms with Crippen molar-refractivity contribution >= 4 is 34.1 Å². The van der Waals surface area contributed by atoms with Crippen LogP contribution in [0.4, 0.5) is 5.00 Å². The number of hydrogen-bond acceptors (Lipinski definition) is 4. The van der Waals surface area contributed by atoms with Gasteiger partial charge in [-0.1, -0.05) is 6.92 Å². The average Bonchev–Trinajstić information content (AvgIpc) is 2.74. The van der Waals surface area contributed by atoms with Crippen LogP contribution in [0, 0.1) is 5.92 Å². The molecule has 1 aromatic heterocycles. The third-order valence-corrected chi connectivity index (χ3v) is 3.45. The first kappa shape index (κ1) is 10.8. The molecule has 0 radical (unpaired) electrons. The first-order chi connectivity index (χ1) is 7.50. The van der Waals surface area contributed by atoms with Crippen molar-refractivity contribution in [2.24, 2.45) is 5.92 Å². The van der Waals surface area contributed by atoms with E-state index in [1.807, 2.05) is 0 Å². The summed E-state index contributed by atoms with van der Waals surface area (Å²) in [6.45, 7) is 1.69. The fraction of sp³-hybridized carbons (Fsp3) is 0.300. The van der Waals surface area contributed by atoms with Gasteiger partial charge in [-0.05, 0) is 12.1 Å². The fourth-order valence-corrected chi connectivity index (χ4v) is 2.45. The lowest BCUT2D eigenvalue weighted by Gasteiger charge is -2.10. The minimum atomic E-state index is -1.05. The topological polar surface area (TPSA) is 74.7 Å². The van der Waals surface area contributed by atoms with Gasteiger partial charge in [0, 0.05) is 12.3 Å². The molecule has 16 heavy (non-hydrogen) atoms. The van der Waals surface area contributed by atoms with E-state index in [-0.39, 0.29) is 29.0 Å². The number of anilines is 1. The van der Waals surface area contributed by atoms with E-state index in [9.17, 15) is 14.4 Å². The van der Waals surface area contributed by atoms with Crippen LogP contribution in [0.25, 0.3) is 0 Å². The molecule has 5 nitrogen and oxygen atoms in total. The monoisotopic (exact) mass is 239 g/mol. The van der Waals surface area contributed by atoms with E-state index in [0.29, 0.717) is 5.00 Å². The summed E-state index contributed by atoms with van der Waals surface area (Å²) in [7, 11) is 0. The van der Waals surface area contributed by atoms with Gasteiger partial charge in [-0.3, -0.25) is 9.59 Å². The van der Waals surface area contributed by atoms with Gasteiger partial charge < -0.3 is 5.11 Å². The van der Waals surface area contributed by atoms with Gasteiger partial charge in [0.15, 0.2) is 0 Å². The molecule has 1 fully saturated rings. The third-order valence-electron chi connectivity index (χ3n) is 2.40. The molecule has 1 aliphatic heterocycles. The Kier molecular flexibility index (Phi) is 2.51. The van der Waals surface area contributed by atoms with Gasteiger partial charge in [-0.15, -0.1) is 11.3 Å². The average molecular weight is 239 g/mol. The van der Waals surface area contributed by atoms with E-state index in [0.717, 1.165) is 16.2 Å². The number of imide groups is 1. The van der Waals surface area contributed by atoms with Crippen molar-refractivity contribution in [2.45, 2.75) is 13.3 Å². The van der Waals surface area contributed by atoms with E-state index >= 15 is 0 Å². The van der Waals surface area contributed by atoms with E-state index < -0.39 is 5.97 Å². The van der Waals surface area contributed by atoms with Crippen molar-refractivity contribution in [3.8, 4) is 0 Å². The number of rotatable bonds is 2. The molecule has 1 saturated heterocycles. The Morgan fingerprint density at radius 2 is 2.19 bits per heavy atom. The zero-order chi connectivity index (χ0) is 11.9. The summed E-state index contributed by atoms with van der Waals surface area (Å²) in [5, 5.41) is 9.13. The lowest BCUT2D eigenvalue weighted by Crippen LogP contribution is -2.29. The van der Waals surface area contributed by atoms with Gasteiger partial charge in [0.25, 0.3) is 0 Å². The smallest absolute Gasteiger partial charge is 0.345 e.